The minimum atomic E-state index is -0.250. The van der Waals surface area contributed by atoms with Crippen molar-refractivity contribution in [3.05, 3.63) is 48.5 Å². The molecule has 0 atom stereocenters. The molecule has 0 spiro atoms. The molecule has 0 aliphatic rings. The molecule has 9 heteroatoms. The van der Waals surface area contributed by atoms with Crippen LogP contribution in [0.3, 0.4) is 0 Å². The second-order valence-electron chi connectivity index (χ2n) is 5.12. The van der Waals surface area contributed by atoms with Gasteiger partial charge < -0.3 is 10.0 Å². The fraction of sp³-hybridized carbons (Fsp3) is 0.235. The van der Waals surface area contributed by atoms with Gasteiger partial charge in [-0.25, -0.2) is 4.98 Å². The van der Waals surface area contributed by atoms with Crippen LogP contribution in [0.2, 0.25) is 0 Å². The molecule has 3 aromatic rings. The van der Waals surface area contributed by atoms with Crippen molar-refractivity contribution in [2.45, 2.75) is 13.8 Å². The Morgan fingerprint density at radius 3 is 2.69 bits per heavy atom. The molecule has 26 heavy (non-hydrogen) atoms. The van der Waals surface area contributed by atoms with Gasteiger partial charge in [0.1, 0.15) is 6.33 Å². The molecule has 0 bridgehead atoms. The third kappa shape index (κ3) is 4.32. The van der Waals surface area contributed by atoms with E-state index in [4.69, 9.17) is 9.90 Å². The van der Waals surface area contributed by atoms with Gasteiger partial charge in [0.15, 0.2) is 5.82 Å². The Balaban J connectivity index is 0.000000758. The molecule has 0 fully saturated rings. The van der Waals surface area contributed by atoms with Gasteiger partial charge in [-0.3, -0.25) is 19.3 Å². The standard InChI is InChI=1S/C16H18N6O.CH2O2/c1-3-21(4-2)15(23)13-7-5-6-12(10-13)14-18-16(20-19-14)22-9-8-17-11-22;2-1-3/h5-11H,3-4H2,1-2H3,(H,18,19,20);1H,(H,2,3). The molecule has 0 unspecified atom stereocenters. The van der Waals surface area contributed by atoms with Gasteiger partial charge in [-0.05, 0) is 26.0 Å². The number of hydrogen-bond donors (Lipinski definition) is 2. The minimum Gasteiger partial charge on any atom is -0.483 e. The highest BCUT2D eigenvalue weighted by atomic mass is 16.3. The van der Waals surface area contributed by atoms with Gasteiger partial charge in [0.25, 0.3) is 18.3 Å². The molecular weight excluding hydrogens is 336 g/mol. The van der Waals surface area contributed by atoms with E-state index in [1.807, 2.05) is 38.1 Å². The monoisotopic (exact) mass is 356 g/mol. The second kappa shape index (κ2) is 9.11. The molecular formula is C17H20N6O3. The summed E-state index contributed by atoms with van der Waals surface area (Å²) in [5, 5.41) is 14.0. The van der Waals surface area contributed by atoms with E-state index in [0.717, 1.165) is 5.56 Å². The summed E-state index contributed by atoms with van der Waals surface area (Å²) in [6.45, 7) is 5.07. The molecule has 3 rings (SSSR count). The van der Waals surface area contributed by atoms with Crippen molar-refractivity contribution in [1.82, 2.24) is 29.6 Å². The number of aromatic amines is 1. The van der Waals surface area contributed by atoms with Crippen LogP contribution in [0.25, 0.3) is 17.3 Å². The summed E-state index contributed by atoms with van der Waals surface area (Å²) in [7, 11) is 0. The molecule has 0 saturated heterocycles. The van der Waals surface area contributed by atoms with E-state index in [9.17, 15) is 4.79 Å². The zero-order valence-electron chi connectivity index (χ0n) is 14.5. The number of hydrogen-bond acceptors (Lipinski definition) is 5. The van der Waals surface area contributed by atoms with Gasteiger partial charge in [-0.2, -0.15) is 4.98 Å². The van der Waals surface area contributed by atoms with Crippen LogP contribution in [0.5, 0.6) is 0 Å². The van der Waals surface area contributed by atoms with Gasteiger partial charge in [0.2, 0.25) is 0 Å². The van der Waals surface area contributed by atoms with E-state index in [1.165, 1.54) is 0 Å². The van der Waals surface area contributed by atoms with Crippen molar-refractivity contribution in [2.24, 2.45) is 0 Å². The van der Waals surface area contributed by atoms with Crippen LogP contribution in [0, 0.1) is 0 Å². The van der Waals surface area contributed by atoms with Crippen LogP contribution < -0.4 is 0 Å². The second-order valence-corrected chi connectivity index (χ2v) is 5.12. The smallest absolute Gasteiger partial charge is 0.290 e. The number of nitrogens with one attached hydrogen (secondary N) is 1. The molecule has 1 amide bonds. The Hall–Kier alpha value is -3.49. The van der Waals surface area contributed by atoms with Crippen LogP contribution in [-0.2, 0) is 4.79 Å². The highest BCUT2D eigenvalue weighted by molar-refractivity contribution is 5.95. The zero-order chi connectivity index (χ0) is 18.9. The molecule has 0 radical (unpaired) electrons. The Bertz CT molecular complexity index is 840. The van der Waals surface area contributed by atoms with Gasteiger partial charge in [-0.1, -0.05) is 12.1 Å². The largest absolute Gasteiger partial charge is 0.483 e. The number of amides is 1. The predicted molar refractivity (Wildman–Crippen MR) is 94.9 cm³/mol. The lowest BCUT2D eigenvalue weighted by Crippen LogP contribution is -2.30. The summed E-state index contributed by atoms with van der Waals surface area (Å²) in [6, 6.07) is 7.40. The van der Waals surface area contributed by atoms with Crippen molar-refractivity contribution in [3.8, 4) is 17.3 Å². The number of carbonyl (C=O) groups is 2. The van der Waals surface area contributed by atoms with Crippen molar-refractivity contribution in [2.75, 3.05) is 13.1 Å². The normalized spacial score (nSPS) is 9.92. The van der Waals surface area contributed by atoms with E-state index in [1.54, 1.807) is 28.2 Å². The van der Waals surface area contributed by atoms with E-state index in [-0.39, 0.29) is 12.4 Å². The van der Waals surface area contributed by atoms with Crippen LogP contribution in [-0.4, -0.2) is 60.2 Å². The number of imidazole rings is 1. The SMILES string of the molecule is CCN(CC)C(=O)c1cccc(-c2nc(-n3ccnc3)n[nH]2)c1.O=CO. The molecule has 136 valence electrons. The Kier molecular flexibility index (Phi) is 6.60. The lowest BCUT2D eigenvalue weighted by atomic mass is 10.1. The molecule has 0 saturated carbocycles. The van der Waals surface area contributed by atoms with Crippen LogP contribution >= 0.6 is 0 Å². The number of carboxylic acid groups (broad SMARTS) is 1. The third-order valence-corrected chi connectivity index (χ3v) is 3.64. The predicted octanol–water partition coefficient (Wildman–Crippen LogP) is 1.84. The first-order valence-corrected chi connectivity index (χ1v) is 8.02. The van der Waals surface area contributed by atoms with E-state index in [0.29, 0.717) is 30.4 Å². The van der Waals surface area contributed by atoms with Crippen LogP contribution in [0.4, 0.5) is 0 Å². The highest BCUT2D eigenvalue weighted by Crippen LogP contribution is 2.18. The quantitative estimate of drug-likeness (QED) is 0.674. The average molecular weight is 356 g/mol. The van der Waals surface area contributed by atoms with Crippen LogP contribution in [0.15, 0.2) is 43.0 Å². The number of nitrogens with zero attached hydrogens (tertiary/aromatic N) is 5. The third-order valence-electron chi connectivity index (χ3n) is 3.64. The van der Waals surface area contributed by atoms with Crippen molar-refractivity contribution >= 4 is 12.4 Å². The summed E-state index contributed by atoms with van der Waals surface area (Å²) in [5.41, 5.74) is 1.47. The first-order valence-electron chi connectivity index (χ1n) is 8.02. The van der Waals surface area contributed by atoms with Crippen molar-refractivity contribution < 1.29 is 14.7 Å². The maximum Gasteiger partial charge on any atom is 0.290 e. The van der Waals surface area contributed by atoms with Crippen molar-refractivity contribution in [3.63, 3.8) is 0 Å². The summed E-state index contributed by atoms with van der Waals surface area (Å²) in [5.74, 6) is 1.15. The van der Waals surface area contributed by atoms with E-state index < -0.39 is 0 Å². The molecule has 0 aliphatic heterocycles. The number of rotatable bonds is 5. The zero-order valence-corrected chi connectivity index (χ0v) is 14.5. The van der Waals surface area contributed by atoms with Gasteiger partial charge >= 0.3 is 0 Å². The van der Waals surface area contributed by atoms with E-state index >= 15 is 0 Å². The summed E-state index contributed by atoms with van der Waals surface area (Å²) in [6.07, 6.45) is 5.07. The average Bonchev–Trinajstić information content (AvgIpc) is 3.35. The molecule has 2 heterocycles. The number of benzene rings is 1. The lowest BCUT2D eigenvalue weighted by Gasteiger charge is -2.18. The van der Waals surface area contributed by atoms with Crippen LogP contribution in [0.1, 0.15) is 24.2 Å². The minimum absolute atomic E-state index is 0.0196. The van der Waals surface area contributed by atoms with Gasteiger partial charge in [-0.15, -0.1) is 5.10 Å². The fourth-order valence-corrected chi connectivity index (χ4v) is 2.37. The Morgan fingerprint density at radius 1 is 1.35 bits per heavy atom. The highest BCUT2D eigenvalue weighted by Gasteiger charge is 2.14. The first kappa shape index (κ1) is 18.8. The van der Waals surface area contributed by atoms with E-state index in [2.05, 4.69) is 20.2 Å². The molecule has 2 aromatic heterocycles. The summed E-state index contributed by atoms with van der Waals surface area (Å²) < 4.78 is 1.71. The molecule has 2 N–H and O–H groups in total. The lowest BCUT2D eigenvalue weighted by molar-refractivity contribution is -0.122. The fourth-order valence-electron chi connectivity index (χ4n) is 2.37. The van der Waals surface area contributed by atoms with Gasteiger partial charge in [0, 0.05) is 36.6 Å². The van der Waals surface area contributed by atoms with Gasteiger partial charge in [0.05, 0.1) is 0 Å². The first-order chi connectivity index (χ1) is 12.6. The topological polar surface area (TPSA) is 117 Å². The molecule has 0 aliphatic carbocycles. The number of carbonyl (C=O) groups excluding carboxylic acids is 1. The summed E-state index contributed by atoms with van der Waals surface area (Å²) in [4.78, 5) is 31.0. The number of aromatic nitrogens is 5. The molecule has 9 nitrogen and oxygen atoms in total. The maximum absolute atomic E-state index is 12.4. The summed E-state index contributed by atoms with van der Waals surface area (Å²) >= 11 is 0. The van der Waals surface area contributed by atoms with Crippen molar-refractivity contribution in [1.29, 1.82) is 0 Å². The maximum atomic E-state index is 12.4. The number of H-pyrrole nitrogens is 1. The Morgan fingerprint density at radius 2 is 2.08 bits per heavy atom. The molecule has 1 aromatic carbocycles. The Labute approximate surface area is 150 Å².